The lowest BCUT2D eigenvalue weighted by atomic mass is 10.0. The largest absolute Gasteiger partial charge is 0.466 e. The second-order valence-electron chi connectivity index (χ2n) is 4.54. The number of rotatable bonds is 8. The number of nitrogens with two attached hydrogens (primary N) is 1. The van der Waals surface area contributed by atoms with Crippen molar-refractivity contribution in [2.24, 2.45) is 5.73 Å². The van der Waals surface area contributed by atoms with Gasteiger partial charge >= 0.3 is 5.97 Å². The van der Waals surface area contributed by atoms with Crippen LogP contribution >= 0.6 is 0 Å². The van der Waals surface area contributed by atoms with Gasteiger partial charge in [0.1, 0.15) is 0 Å². The average Bonchev–Trinajstić information content (AvgIpc) is 2.43. The Morgan fingerprint density at radius 3 is 2.63 bits per heavy atom. The molecule has 0 radical (unpaired) electrons. The first kappa shape index (κ1) is 15.7. The van der Waals surface area contributed by atoms with Gasteiger partial charge in [0.15, 0.2) is 0 Å². The van der Waals surface area contributed by atoms with Crippen LogP contribution in [0.5, 0.6) is 0 Å². The zero-order valence-electron chi connectivity index (χ0n) is 11.8. The van der Waals surface area contributed by atoms with Gasteiger partial charge in [0.25, 0.3) is 0 Å². The molecule has 2 N–H and O–H groups in total. The quantitative estimate of drug-likeness (QED) is 0.729. The van der Waals surface area contributed by atoms with Gasteiger partial charge in [-0.2, -0.15) is 0 Å². The minimum absolute atomic E-state index is 0.145. The standard InChI is InChI=1S/C15H24N2O2/c1-3-19-15(18)10-12-17(2)14(9-11-16)13-7-5-4-6-8-13/h4-8,14H,3,9-12,16H2,1-2H3. The molecule has 0 heterocycles. The first-order chi connectivity index (χ1) is 9.19. The summed E-state index contributed by atoms with van der Waals surface area (Å²) in [4.78, 5) is 13.6. The summed E-state index contributed by atoms with van der Waals surface area (Å²) in [6, 6.07) is 10.5. The van der Waals surface area contributed by atoms with Crippen LogP contribution in [0.25, 0.3) is 0 Å². The van der Waals surface area contributed by atoms with Gasteiger partial charge in [-0.25, -0.2) is 0 Å². The molecule has 1 aromatic carbocycles. The zero-order chi connectivity index (χ0) is 14.1. The zero-order valence-corrected chi connectivity index (χ0v) is 11.8. The van der Waals surface area contributed by atoms with Crippen molar-refractivity contribution in [3.8, 4) is 0 Å². The SMILES string of the molecule is CCOC(=O)CCN(C)C(CCN)c1ccccc1. The van der Waals surface area contributed by atoms with Crippen LogP contribution in [-0.4, -0.2) is 37.6 Å². The maximum atomic E-state index is 11.4. The van der Waals surface area contributed by atoms with E-state index in [0.29, 0.717) is 26.1 Å². The number of nitrogens with zero attached hydrogens (tertiary/aromatic N) is 1. The molecule has 0 bridgehead atoms. The van der Waals surface area contributed by atoms with Crippen LogP contribution in [0, 0.1) is 0 Å². The summed E-state index contributed by atoms with van der Waals surface area (Å²) in [6.45, 7) is 3.57. The molecule has 1 aromatic rings. The van der Waals surface area contributed by atoms with Gasteiger partial charge in [0, 0.05) is 12.6 Å². The minimum atomic E-state index is -0.145. The van der Waals surface area contributed by atoms with E-state index >= 15 is 0 Å². The lowest BCUT2D eigenvalue weighted by Crippen LogP contribution is -2.29. The molecule has 0 amide bonds. The molecule has 1 atom stereocenters. The van der Waals surface area contributed by atoms with E-state index in [2.05, 4.69) is 17.0 Å². The number of hydrogen-bond acceptors (Lipinski definition) is 4. The fourth-order valence-corrected chi connectivity index (χ4v) is 2.13. The monoisotopic (exact) mass is 264 g/mol. The molecule has 1 rings (SSSR count). The van der Waals surface area contributed by atoms with Crippen molar-refractivity contribution >= 4 is 5.97 Å². The number of benzene rings is 1. The summed E-state index contributed by atoms with van der Waals surface area (Å²) in [5, 5.41) is 0. The summed E-state index contributed by atoms with van der Waals surface area (Å²) in [7, 11) is 2.02. The minimum Gasteiger partial charge on any atom is -0.466 e. The lowest BCUT2D eigenvalue weighted by Gasteiger charge is -2.28. The van der Waals surface area contributed by atoms with Crippen molar-refractivity contribution in [3.05, 3.63) is 35.9 Å². The van der Waals surface area contributed by atoms with E-state index < -0.39 is 0 Å². The average molecular weight is 264 g/mol. The second kappa shape index (κ2) is 8.67. The van der Waals surface area contributed by atoms with E-state index in [1.165, 1.54) is 5.56 Å². The normalized spacial score (nSPS) is 12.4. The first-order valence-electron chi connectivity index (χ1n) is 6.80. The first-order valence-corrected chi connectivity index (χ1v) is 6.80. The van der Waals surface area contributed by atoms with E-state index in [4.69, 9.17) is 10.5 Å². The number of carbonyl (C=O) groups is 1. The highest BCUT2D eigenvalue weighted by molar-refractivity contribution is 5.69. The van der Waals surface area contributed by atoms with E-state index in [1.807, 2.05) is 32.2 Å². The molecule has 0 aromatic heterocycles. The summed E-state index contributed by atoms with van der Waals surface area (Å²) in [5.41, 5.74) is 6.93. The summed E-state index contributed by atoms with van der Waals surface area (Å²) >= 11 is 0. The Morgan fingerprint density at radius 2 is 2.05 bits per heavy atom. The molecule has 4 heteroatoms. The molecule has 0 fully saturated rings. The van der Waals surface area contributed by atoms with Crippen molar-refractivity contribution in [3.63, 3.8) is 0 Å². The van der Waals surface area contributed by atoms with Gasteiger partial charge in [-0.3, -0.25) is 9.69 Å². The molecule has 106 valence electrons. The Kier molecular flexibility index (Phi) is 7.15. The smallest absolute Gasteiger partial charge is 0.307 e. The summed E-state index contributed by atoms with van der Waals surface area (Å²) in [6.07, 6.45) is 1.29. The Hall–Kier alpha value is -1.39. The Morgan fingerprint density at radius 1 is 1.37 bits per heavy atom. The fraction of sp³-hybridized carbons (Fsp3) is 0.533. The lowest BCUT2D eigenvalue weighted by molar-refractivity contribution is -0.143. The van der Waals surface area contributed by atoms with Crippen LogP contribution in [0.2, 0.25) is 0 Å². The van der Waals surface area contributed by atoms with Gasteiger partial charge in [-0.15, -0.1) is 0 Å². The third kappa shape index (κ3) is 5.41. The molecule has 4 nitrogen and oxygen atoms in total. The highest BCUT2D eigenvalue weighted by atomic mass is 16.5. The number of esters is 1. The molecule has 0 spiro atoms. The molecule has 1 unspecified atom stereocenters. The van der Waals surface area contributed by atoms with Crippen molar-refractivity contribution in [1.82, 2.24) is 4.90 Å². The molecule has 0 aliphatic rings. The molecular weight excluding hydrogens is 240 g/mol. The van der Waals surface area contributed by atoms with Crippen LogP contribution in [0.3, 0.4) is 0 Å². The van der Waals surface area contributed by atoms with Gasteiger partial charge in [-0.05, 0) is 32.5 Å². The predicted molar refractivity (Wildman–Crippen MR) is 76.7 cm³/mol. The highest BCUT2D eigenvalue weighted by Crippen LogP contribution is 2.22. The molecule has 0 saturated carbocycles. The third-order valence-electron chi connectivity index (χ3n) is 3.13. The van der Waals surface area contributed by atoms with Crippen molar-refractivity contribution in [2.45, 2.75) is 25.8 Å². The van der Waals surface area contributed by atoms with Crippen LogP contribution < -0.4 is 5.73 Å². The molecular formula is C15H24N2O2. The topological polar surface area (TPSA) is 55.6 Å². The molecule has 0 aliphatic carbocycles. The molecule has 19 heavy (non-hydrogen) atoms. The van der Waals surface area contributed by atoms with E-state index in [9.17, 15) is 4.79 Å². The highest BCUT2D eigenvalue weighted by Gasteiger charge is 2.17. The van der Waals surface area contributed by atoms with Gasteiger partial charge < -0.3 is 10.5 Å². The fourth-order valence-electron chi connectivity index (χ4n) is 2.13. The summed E-state index contributed by atoms with van der Waals surface area (Å²) in [5.74, 6) is -0.145. The summed E-state index contributed by atoms with van der Waals surface area (Å²) < 4.78 is 4.95. The van der Waals surface area contributed by atoms with E-state index in [-0.39, 0.29) is 12.0 Å². The van der Waals surface area contributed by atoms with Gasteiger partial charge in [-0.1, -0.05) is 30.3 Å². The van der Waals surface area contributed by atoms with Crippen molar-refractivity contribution in [1.29, 1.82) is 0 Å². The van der Waals surface area contributed by atoms with Crippen molar-refractivity contribution in [2.75, 3.05) is 26.7 Å². The third-order valence-corrected chi connectivity index (χ3v) is 3.13. The van der Waals surface area contributed by atoms with Gasteiger partial charge in [0.2, 0.25) is 0 Å². The maximum absolute atomic E-state index is 11.4. The number of hydrogen-bond donors (Lipinski definition) is 1. The van der Waals surface area contributed by atoms with E-state index in [1.54, 1.807) is 0 Å². The second-order valence-corrected chi connectivity index (χ2v) is 4.54. The number of ether oxygens (including phenoxy) is 1. The Labute approximate surface area is 115 Å². The van der Waals surface area contributed by atoms with Gasteiger partial charge in [0.05, 0.1) is 13.0 Å². The Balaban J connectivity index is 2.58. The van der Waals surface area contributed by atoms with Crippen LogP contribution in [0.15, 0.2) is 30.3 Å². The molecule has 0 aliphatic heterocycles. The van der Waals surface area contributed by atoms with Crippen LogP contribution in [-0.2, 0) is 9.53 Å². The predicted octanol–water partition coefficient (Wildman–Crippen LogP) is 1.96. The Bertz CT molecular complexity index is 368. The van der Waals surface area contributed by atoms with Crippen molar-refractivity contribution < 1.29 is 9.53 Å². The molecule has 0 saturated heterocycles. The van der Waals surface area contributed by atoms with Crippen LogP contribution in [0.1, 0.15) is 31.4 Å². The number of carbonyl (C=O) groups excluding carboxylic acids is 1. The van der Waals surface area contributed by atoms with Crippen LogP contribution in [0.4, 0.5) is 0 Å². The van der Waals surface area contributed by atoms with E-state index in [0.717, 1.165) is 6.42 Å². The maximum Gasteiger partial charge on any atom is 0.307 e.